The second-order valence-corrected chi connectivity index (χ2v) is 13.5. The topological polar surface area (TPSA) is 56.1 Å². The van der Waals surface area contributed by atoms with Gasteiger partial charge < -0.3 is 23.4 Å². The van der Waals surface area contributed by atoms with Crippen LogP contribution in [0.5, 0.6) is 0 Å². The summed E-state index contributed by atoms with van der Waals surface area (Å²) in [5.41, 5.74) is 3.72. The van der Waals surface area contributed by atoms with E-state index in [4.69, 9.17) is 18.5 Å². The molecule has 5 aliphatic rings. The van der Waals surface area contributed by atoms with Gasteiger partial charge in [-0.2, -0.15) is 0 Å². The number of nitrogens with one attached hydrogen (secondary N) is 1. The number of para-hydroxylation sites is 1. The number of morpholine rings is 1. The zero-order valence-electron chi connectivity index (χ0n) is 23.5. The summed E-state index contributed by atoms with van der Waals surface area (Å²) < 4.78 is 43.4. The summed E-state index contributed by atoms with van der Waals surface area (Å²) in [5, 5.41) is 1.11. The van der Waals surface area contributed by atoms with Gasteiger partial charge in [-0.25, -0.2) is 4.39 Å². The maximum Gasteiger partial charge on any atom is 0.477 e. The highest BCUT2D eigenvalue weighted by Gasteiger charge is 2.68. The van der Waals surface area contributed by atoms with Crippen LogP contribution in [0, 0.1) is 23.1 Å². The van der Waals surface area contributed by atoms with Crippen LogP contribution in [0.15, 0.2) is 53.1 Å². The van der Waals surface area contributed by atoms with Crippen LogP contribution in [-0.4, -0.2) is 51.1 Å². The number of halogens is 1. The number of rotatable bonds is 8. The highest BCUT2D eigenvalue weighted by molar-refractivity contribution is 7.96. The van der Waals surface area contributed by atoms with Gasteiger partial charge in [-0.3, -0.25) is 4.72 Å². The molecule has 3 heterocycles. The molecule has 212 valence electrons. The molecule has 2 aromatic carbocycles. The summed E-state index contributed by atoms with van der Waals surface area (Å²) in [6.07, 6.45) is 4.90. The van der Waals surface area contributed by atoms with E-state index in [2.05, 4.69) is 36.5 Å². The standard InChI is InChI=1S/C31H38BFN2O4S/c1-30(2)22-16-27(30)31(3)28(17-22)38-32(39-31)29(15-20-18-37-26-7-5-4-6-24(20)26)34-40-19-21-14-23(8-9-25(21)33)35-10-12-36-13-11-35/h4-9,14,18,22,27-29,34H,10-13,15-17,19H2,1-3H3/t22?,27-,28?,29?,31-/m0/s1. The Morgan fingerprint density at radius 1 is 1.10 bits per heavy atom. The van der Waals surface area contributed by atoms with Crippen molar-refractivity contribution in [1.82, 2.24) is 4.72 Å². The number of furan rings is 1. The molecule has 2 bridgehead atoms. The molecule has 9 heteroatoms. The minimum absolute atomic E-state index is 0.104. The van der Waals surface area contributed by atoms with E-state index >= 15 is 0 Å². The maximum absolute atomic E-state index is 14.9. The van der Waals surface area contributed by atoms with Crippen molar-refractivity contribution in [1.29, 1.82) is 0 Å². The minimum atomic E-state index is -0.393. The first-order chi connectivity index (χ1) is 19.3. The average Bonchev–Trinajstić information content (AvgIpc) is 3.54. The van der Waals surface area contributed by atoms with Gasteiger partial charge in [0.1, 0.15) is 11.4 Å². The first-order valence-electron chi connectivity index (χ1n) is 14.6. The monoisotopic (exact) mass is 564 g/mol. The Balaban J connectivity index is 1.10. The molecule has 6 nitrogen and oxygen atoms in total. The van der Waals surface area contributed by atoms with Gasteiger partial charge in [-0.05, 0) is 73.3 Å². The molecule has 1 N–H and O–H groups in total. The third-order valence-electron chi connectivity index (χ3n) is 10.2. The summed E-state index contributed by atoms with van der Waals surface area (Å²) in [4.78, 5) is 2.26. The predicted octanol–water partition coefficient (Wildman–Crippen LogP) is 6.03. The van der Waals surface area contributed by atoms with Crippen molar-refractivity contribution in [2.75, 3.05) is 31.2 Å². The number of nitrogens with zero attached hydrogens (tertiary/aromatic N) is 1. The fourth-order valence-electron chi connectivity index (χ4n) is 7.61. The summed E-state index contributed by atoms with van der Waals surface area (Å²) in [6, 6.07) is 13.5. The minimum Gasteiger partial charge on any atom is -0.464 e. The zero-order valence-corrected chi connectivity index (χ0v) is 24.3. The van der Waals surface area contributed by atoms with E-state index in [1.165, 1.54) is 18.4 Å². The number of anilines is 1. The molecule has 2 saturated heterocycles. The molecule has 3 saturated carbocycles. The summed E-state index contributed by atoms with van der Waals surface area (Å²) in [7, 11) is -0.393. The predicted molar refractivity (Wildman–Crippen MR) is 158 cm³/mol. The van der Waals surface area contributed by atoms with Crippen molar-refractivity contribution in [2.24, 2.45) is 17.3 Å². The molecule has 5 atom stereocenters. The van der Waals surface area contributed by atoms with Crippen LogP contribution in [0.4, 0.5) is 10.1 Å². The van der Waals surface area contributed by atoms with Gasteiger partial charge >= 0.3 is 7.12 Å². The van der Waals surface area contributed by atoms with Crippen LogP contribution in [0.1, 0.15) is 44.7 Å². The molecule has 40 heavy (non-hydrogen) atoms. The molecular weight excluding hydrogens is 526 g/mol. The Morgan fingerprint density at radius 3 is 2.75 bits per heavy atom. The maximum atomic E-state index is 14.9. The fourth-order valence-corrected chi connectivity index (χ4v) is 8.48. The summed E-state index contributed by atoms with van der Waals surface area (Å²) in [5.74, 6) is 1.38. The smallest absolute Gasteiger partial charge is 0.464 e. The van der Waals surface area contributed by atoms with Crippen molar-refractivity contribution in [3.8, 4) is 0 Å². The fraction of sp³-hybridized carbons (Fsp3) is 0.548. The molecule has 0 spiro atoms. The lowest BCUT2D eigenvalue weighted by molar-refractivity contribution is -0.199. The normalized spacial score (nSPS) is 29.9. The molecule has 2 aliphatic heterocycles. The number of ether oxygens (including phenoxy) is 1. The second-order valence-electron chi connectivity index (χ2n) is 12.7. The van der Waals surface area contributed by atoms with Gasteiger partial charge in [-0.1, -0.05) is 44.0 Å². The van der Waals surface area contributed by atoms with E-state index in [0.29, 0.717) is 42.8 Å². The van der Waals surface area contributed by atoms with Gasteiger partial charge in [-0.15, -0.1) is 0 Å². The molecule has 3 aromatic rings. The quantitative estimate of drug-likeness (QED) is 0.265. The van der Waals surface area contributed by atoms with E-state index in [9.17, 15) is 4.39 Å². The van der Waals surface area contributed by atoms with Crippen LogP contribution >= 0.6 is 11.9 Å². The lowest BCUT2D eigenvalue weighted by Gasteiger charge is -2.64. The molecular formula is C31H38BFN2O4S. The highest BCUT2D eigenvalue weighted by Crippen LogP contribution is 2.65. The van der Waals surface area contributed by atoms with Crippen molar-refractivity contribution in [3.05, 3.63) is 65.7 Å². The second kappa shape index (κ2) is 10.4. The first-order valence-corrected chi connectivity index (χ1v) is 15.6. The zero-order chi connectivity index (χ0) is 27.5. The Bertz CT molecular complexity index is 1380. The Morgan fingerprint density at radius 2 is 1.93 bits per heavy atom. The molecule has 5 fully saturated rings. The summed E-state index contributed by atoms with van der Waals surface area (Å²) >= 11 is 1.52. The van der Waals surface area contributed by atoms with E-state index in [-0.39, 0.29) is 28.9 Å². The Labute approximate surface area is 240 Å². The van der Waals surface area contributed by atoms with E-state index in [1.54, 1.807) is 6.07 Å². The van der Waals surface area contributed by atoms with Gasteiger partial charge in [0.25, 0.3) is 0 Å². The van der Waals surface area contributed by atoms with Crippen molar-refractivity contribution < 1.29 is 22.9 Å². The molecule has 3 unspecified atom stereocenters. The van der Waals surface area contributed by atoms with Crippen molar-refractivity contribution >= 4 is 35.7 Å². The summed E-state index contributed by atoms with van der Waals surface area (Å²) in [6.45, 7) is 10.1. The van der Waals surface area contributed by atoms with Gasteiger partial charge in [0.05, 0.1) is 37.1 Å². The Hall–Kier alpha value is -2.04. The number of hydrogen-bond donors (Lipinski definition) is 1. The molecule has 8 rings (SSSR count). The number of hydrogen-bond acceptors (Lipinski definition) is 7. The highest BCUT2D eigenvalue weighted by atomic mass is 32.2. The van der Waals surface area contributed by atoms with Crippen LogP contribution in [0.2, 0.25) is 0 Å². The molecule has 0 amide bonds. The first kappa shape index (κ1) is 26.8. The third-order valence-corrected chi connectivity index (χ3v) is 11.1. The van der Waals surface area contributed by atoms with Gasteiger partial charge in [0, 0.05) is 35.5 Å². The van der Waals surface area contributed by atoms with Crippen LogP contribution in [0.3, 0.4) is 0 Å². The van der Waals surface area contributed by atoms with Crippen LogP contribution < -0.4 is 9.62 Å². The average molecular weight is 565 g/mol. The van der Waals surface area contributed by atoms with Gasteiger partial charge in [0.15, 0.2) is 0 Å². The lowest BCUT2D eigenvalue weighted by Crippen LogP contribution is -2.65. The van der Waals surface area contributed by atoms with E-state index in [1.807, 2.05) is 36.6 Å². The van der Waals surface area contributed by atoms with Gasteiger partial charge in [0.2, 0.25) is 0 Å². The van der Waals surface area contributed by atoms with Crippen LogP contribution in [-0.2, 0) is 26.2 Å². The SMILES string of the molecule is CC1(C)C2CC3OB(C(Cc4coc5ccccc45)NSCc4cc(N5CCOCC5)ccc4F)O[C@@]3(C)[C@H]1C2. The van der Waals surface area contributed by atoms with Crippen LogP contribution in [0.25, 0.3) is 11.0 Å². The largest absolute Gasteiger partial charge is 0.477 e. The lowest BCUT2D eigenvalue weighted by atomic mass is 9.43. The Kier molecular flexibility index (Phi) is 6.94. The number of fused-ring (bicyclic) bond motifs is 1. The molecule has 1 aromatic heterocycles. The van der Waals surface area contributed by atoms with E-state index in [0.717, 1.165) is 41.7 Å². The molecule has 0 radical (unpaired) electrons. The molecule has 3 aliphatic carbocycles. The van der Waals surface area contributed by atoms with E-state index < -0.39 is 7.12 Å². The van der Waals surface area contributed by atoms with Crippen molar-refractivity contribution in [2.45, 2.75) is 63.4 Å². The third kappa shape index (κ3) is 4.58. The van der Waals surface area contributed by atoms with Crippen molar-refractivity contribution in [3.63, 3.8) is 0 Å². The number of benzene rings is 2.